The molecule has 0 atom stereocenters. The van der Waals surface area contributed by atoms with Gasteiger partial charge in [-0.2, -0.15) is 0 Å². The summed E-state index contributed by atoms with van der Waals surface area (Å²) in [6.07, 6.45) is 23.8. The Morgan fingerprint density at radius 3 is 1.91 bits per heavy atom. The number of hydrogen-bond donors (Lipinski definition) is 0. The van der Waals surface area contributed by atoms with Gasteiger partial charge in [0, 0.05) is 0 Å². The van der Waals surface area contributed by atoms with Crippen LogP contribution in [0.4, 0.5) is 4.39 Å². The van der Waals surface area contributed by atoms with Gasteiger partial charge in [0.15, 0.2) is 11.6 Å². The standard InChI is InChI=1S/C31H46ClFO/c1-3-5-6-7-22-8-10-23(11-9-22)24-12-14-25(15-13-24)26-16-18-27(19-17-26)28-20-21-29(34-4-2)31(33)30(28)32/h3,5,20-27H,4,6-19H2,1-2H3/b5-3+. The van der Waals surface area contributed by atoms with E-state index in [1.807, 2.05) is 13.0 Å². The van der Waals surface area contributed by atoms with Gasteiger partial charge < -0.3 is 4.74 Å². The van der Waals surface area contributed by atoms with Crippen molar-refractivity contribution in [2.75, 3.05) is 6.61 Å². The molecule has 0 heterocycles. The van der Waals surface area contributed by atoms with Crippen molar-refractivity contribution in [1.82, 2.24) is 0 Å². The van der Waals surface area contributed by atoms with Gasteiger partial charge in [-0.05, 0) is 138 Å². The second-order valence-corrected chi connectivity index (χ2v) is 11.8. The van der Waals surface area contributed by atoms with Gasteiger partial charge in [-0.25, -0.2) is 4.39 Å². The summed E-state index contributed by atoms with van der Waals surface area (Å²) in [5.41, 5.74) is 0.992. The molecule has 0 saturated heterocycles. The van der Waals surface area contributed by atoms with E-state index in [2.05, 4.69) is 19.1 Å². The fourth-order valence-electron chi connectivity index (χ4n) is 7.57. The number of benzene rings is 1. The summed E-state index contributed by atoms with van der Waals surface area (Å²) in [4.78, 5) is 0. The first kappa shape index (κ1) is 26.1. The number of hydrogen-bond acceptors (Lipinski definition) is 1. The zero-order valence-corrected chi connectivity index (χ0v) is 22.3. The second kappa shape index (κ2) is 12.8. The molecule has 4 rings (SSSR count). The lowest BCUT2D eigenvalue weighted by Gasteiger charge is -2.41. The van der Waals surface area contributed by atoms with E-state index in [0.29, 0.717) is 12.5 Å². The third kappa shape index (κ3) is 6.40. The molecule has 34 heavy (non-hydrogen) atoms. The number of allylic oxidation sites excluding steroid dienone is 2. The SMILES string of the molecule is C/C=C/CCC1CCC(C2CCC(C3CCC(c4ccc(OCC)c(F)c4Cl)CC3)CC2)CC1. The molecule has 0 N–H and O–H groups in total. The van der Waals surface area contributed by atoms with Crippen LogP contribution in [0.25, 0.3) is 0 Å². The van der Waals surface area contributed by atoms with E-state index < -0.39 is 0 Å². The molecule has 0 amide bonds. The van der Waals surface area contributed by atoms with Crippen LogP contribution in [-0.4, -0.2) is 6.61 Å². The molecule has 190 valence electrons. The highest BCUT2D eigenvalue weighted by molar-refractivity contribution is 6.31. The van der Waals surface area contributed by atoms with Crippen LogP contribution in [-0.2, 0) is 0 Å². The molecule has 0 radical (unpaired) electrons. The average molecular weight is 489 g/mol. The van der Waals surface area contributed by atoms with E-state index in [0.717, 1.165) is 48.0 Å². The minimum absolute atomic E-state index is 0.281. The Balaban J connectivity index is 1.20. The molecule has 0 aliphatic heterocycles. The summed E-state index contributed by atoms with van der Waals surface area (Å²) < 4.78 is 20.0. The zero-order chi connectivity index (χ0) is 23.9. The van der Waals surface area contributed by atoms with E-state index >= 15 is 0 Å². The summed E-state index contributed by atoms with van der Waals surface area (Å²) >= 11 is 6.42. The smallest absolute Gasteiger partial charge is 0.183 e. The molecule has 1 aromatic rings. The first-order valence-corrected chi connectivity index (χ1v) is 14.7. The van der Waals surface area contributed by atoms with Crippen LogP contribution in [0.1, 0.15) is 115 Å². The van der Waals surface area contributed by atoms with Crippen LogP contribution in [0.15, 0.2) is 24.3 Å². The lowest BCUT2D eigenvalue weighted by molar-refractivity contribution is 0.109. The number of halogens is 2. The van der Waals surface area contributed by atoms with Gasteiger partial charge >= 0.3 is 0 Å². The molecule has 0 unspecified atom stereocenters. The Morgan fingerprint density at radius 1 is 0.853 bits per heavy atom. The molecule has 3 fully saturated rings. The van der Waals surface area contributed by atoms with Gasteiger partial charge in [0.25, 0.3) is 0 Å². The maximum Gasteiger partial charge on any atom is 0.183 e. The Kier molecular flexibility index (Phi) is 9.80. The third-order valence-electron chi connectivity index (χ3n) is 9.61. The molecule has 1 aromatic carbocycles. The monoisotopic (exact) mass is 488 g/mol. The van der Waals surface area contributed by atoms with E-state index in [1.54, 1.807) is 6.07 Å². The van der Waals surface area contributed by atoms with Crippen molar-refractivity contribution in [1.29, 1.82) is 0 Å². The molecule has 3 heteroatoms. The first-order chi connectivity index (χ1) is 16.6. The number of rotatable bonds is 8. The lowest BCUT2D eigenvalue weighted by atomic mass is 9.64. The quantitative estimate of drug-likeness (QED) is 0.330. The van der Waals surface area contributed by atoms with Crippen molar-refractivity contribution in [3.63, 3.8) is 0 Å². The van der Waals surface area contributed by atoms with Gasteiger partial charge in [-0.3, -0.25) is 0 Å². The normalized spacial score (nSPS) is 32.7. The van der Waals surface area contributed by atoms with Crippen LogP contribution >= 0.6 is 11.6 Å². The van der Waals surface area contributed by atoms with Gasteiger partial charge in [0.2, 0.25) is 0 Å². The van der Waals surface area contributed by atoms with E-state index in [4.69, 9.17) is 16.3 Å². The van der Waals surface area contributed by atoms with Crippen LogP contribution in [0.2, 0.25) is 5.02 Å². The molecule has 3 aliphatic rings. The molecular weight excluding hydrogens is 443 g/mol. The minimum atomic E-state index is -0.381. The molecule has 1 nitrogen and oxygen atoms in total. The predicted molar refractivity (Wildman–Crippen MR) is 142 cm³/mol. The van der Waals surface area contributed by atoms with E-state index in [9.17, 15) is 4.39 Å². The molecule has 0 bridgehead atoms. The zero-order valence-electron chi connectivity index (χ0n) is 21.5. The van der Waals surface area contributed by atoms with Crippen molar-refractivity contribution in [3.05, 3.63) is 40.7 Å². The molecule has 0 aromatic heterocycles. The molecule has 0 spiro atoms. The molecule has 3 saturated carbocycles. The Hall–Kier alpha value is -1.02. The Bertz CT molecular complexity index is 781. The Labute approximate surface area is 212 Å². The van der Waals surface area contributed by atoms with Gasteiger partial charge in [-0.15, -0.1) is 0 Å². The van der Waals surface area contributed by atoms with Crippen molar-refractivity contribution < 1.29 is 9.13 Å². The van der Waals surface area contributed by atoms with Crippen molar-refractivity contribution >= 4 is 11.6 Å². The average Bonchev–Trinajstić information content (AvgIpc) is 2.88. The number of ether oxygens (including phenoxy) is 1. The first-order valence-electron chi connectivity index (χ1n) is 14.3. The topological polar surface area (TPSA) is 9.23 Å². The summed E-state index contributed by atoms with van der Waals surface area (Å²) in [5, 5.41) is 0.284. The van der Waals surface area contributed by atoms with E-state index in [-0.39, 0.29) is 16.6 Å². The van der Waals surface area contributed by atoms with Gasteiger partial charge in [0.05, 0.1) is 11.6 Å². The van der Waals surface area contributed by atoms with Crippen LogP contribution in [0, 0.1) is 35.4 Å². The summed E-state index contributed by atoms with van der Waals surface area (Å²) in [6, 6.07) is 3.77. The largest absolute Gasteiger partial charge is 0.491 e. The van der Waals surface area contributed by atoms with Crippen molar-refractivity contribution in [2.24, 2.45) is 29.6 Å². The maximum absolute atomic E-state index is 14.6. The van der Waals surface area contributed by atoms with Crippen molar-refractivity contribution in [2.45, 2.75) is 110 Å². The highest BCUT2D eigenvalue weighted by Crippen LogP contribution is 2.48. The van der Waals surface area contributed by atoms with Crippen LogP contribution in [0.5, 0.6) is 5.75 Å². The van der Waals surface area contributed by atoms with Gasteiger partial charge in [0.1, 0.15) is 0 Å². The van der Waals surface area contributed by atoms with Crippen molar-refractivity contribution in [3.8, 4) is 5.75 Å². The lowest BCUT2D eigenvalue weighted by Crippen LogP contribution is -2.29. The predicted octanol–water partition coefficient (Wildman–Crippen LogP) is 10.1. The summed E-state index contributed by atoms with van der Waals surface area (Å²) in [7, 11) is 0. The van der Waals surface area contributed by atoms with Crippen LogP contribution in [0.3, 0.4) is 0 Å². The summed E-state index contributed by atoms with van der Waals surface area (Å²) in [5.74, 6) is 5.07. The second-order valence-electron chi connectivity index (χ2n) is 11.4. The Morgan fingerprint density at radius 2 is 1.38 bits per heavy atom. The molecular formula is C31H46ClFO. The fourth-order valence-corrected chi connectivity index (χ4v) is 7.88. The highest BCUT2D eigenvalue weighted by atomic mass is 35.5. The van der Waals surface area contributed by atoms with E-state index in [1.165, 1.54) is 77.0 Å². The molecule has 3 aliphatic carbocycles. The minimum Gasteiger partial charge on any atom is -0.491 e. The van der Waals surface area contributed by atoms with Gasteiger partial charge in [-0.1, -0.05) is 42.7 Å². The summed E-state index contributed by atoms with van der Waals surface area (Å²) in [6.45, 7) is 4.46. The van der Waals surface area contributed by atoms with Crippen LogP contribution < -0.4 is 4.74 Å². The highest BCUT2D eigenvalue weighted by Gasteiger charge is 2.35. The fraction of sp³-hybridized carbons (Fsp3) is 0.742. The maximum atomic E-state index is 14.6. The third-order valence-corrected chi connectivity index (χ3v) is 9.99.